The fourth-order valence-electron chi connectivity index (χ4n) is 3.33. The number of nitrogens with one attached hydrogen (secondary N) is 1. The van der Waals surface area contributed by atoms with Crippen molar-refractivity contribution < 1.29 is 4.79 Å². The quantitative estimate of drug-likeness (QED) is 0.876. The van der Waals surface area contributed by atoms with Crippen molar-refractivity contribution in [1.29, 1.82) is 0 Å². The third kappa shape index (κ3) is 4.64. The highest BCUT2D eigenvalue weighted by Crippen LogP contribution is 2.27. The lowest BCUT2D eigenvalue weighted by atomic mass is 9.89. The van der Waals surface area contributed by atoms with Gasteiger partial charge in [-0.3, -0.25) is 14.4 Å². The van der Waals surface area contributed by atoms with Gasteiger partial charge in [0.15, 0.2) is 0 Å². The zero-order chi connectivity index (χ0) is 16.8. The average Bonchev–Trinajstić information content (AvgIpc) is 3.09. The van der Waals surface area contributed by atoms with Crippen LogP contribution in [0.15, 0.2) is 43.0 Å². The first kappa shape index (κ1) is 16.6. The summed E-state index contributed by atoms with van der Waals surface area (Å²) >= 11 is 0. The Labute approximate surface area is 142 Å². The summed E-state index contributed by atoms with van der Waals surface area (Å²) in [6.45, 7) is 5.06. The van der Waals surface area contributed by atoms with E-state index in [2.05, 4.69) is 50.6 Å². The molecule has 6 nitrogen and oxygen atoms in total. The molecule has 0 spiro atoms. The molecule has 0 saturated carbocycles. The van der Waals surface area contributed by atoms with Crippen molar-refractivity contribution in [3.8, 4) is 0 Å². The maximum atomic E-state index is 12.2. The van der Waals surface area contributed by atoms with E-state index in [-0.39, 0.29) is 11.9 Å². The van der Waals surface area contributed by atoms with E-state index in [1.165, 1.54) is 11.9 Å². The second kappa shape index (κ2) is 8.06. The number of amides is 1. The van der Waals surface area contributed by atoms with Crippen LogP contribution < -0.4 is 5.32 Å². The summed E-state index contributed by atoms with van der Waals surface area (Å²) in [5.41, 5.74) is 1.42. The zero-order valence-corrected chi connectivity index (χ0v) is 14.1. The lowest BCUT2D eigenvalue weighted by Crippen LogP contribution is -2.44. The topological polar surface area (TPSA) is 63.1 Å². The van der Waals surface area contributed by atoms with Gasteiger partial charge >= 0.3 is 0 Å². The van der Waals surface area contributed by atoms with Gasteiger partial charge in [-0.1, -0.05) is 30.3 Å². The van der Waals surface area contributed by atoms with E-state index in [1.54, 1.807) is 11.0 Å². The molecule has 0 radical (unpaired) electrons. The summed E-state index contributed by atoms with van der Waals surface area (Å²) in [5, 5.41) is 7.10. The number of likely N-dealkylation sites (tertiary alicyclic amines) is 1. The van der Waals surface area contributed by atoms with Crippen molar-refractivity contribution in [3.63, 3.8) is 0 Å². The highest BCUT2D eigenvalue weighted by Gasteiger charge is 2.22. The molecular weight excluding hydrogens is 302 g/mol. The van der Waals surface area contributed by atoms with Crippen LogP contribution in [0.4, 0.5) is 0 Å². The van der Waals surface area contributed by atoms with Crippen LogP contribution in [0.3, 0.4) is 0 Å². The summed E-state index contributed by atoms with van der Waals surface area (Å²) in [5.74, 6) is 0.706. The molecule has 1 aliphatic rings. The number of carbonyl (C=O) groups is 1. The number of aromatic nitrogens is 3. The molecule has 1 saturated heterocycles. The minimum absolute atomic E-state index is 0.0426. The molecule has 1 fully saturated rings. The number of carbonyl (C=O) groups excluding carboxylic acids is 1. The minimum atomic E-state index is 0.0426. The van der Waals surface area contributed by atoms with Crippen molar-refractivity contribution in [2.75, 3.05) is 19.6 Å². The van der Waals surface area contributed by atoms with Crippen LogP contribution in [-0.4, -0.2) is 51.2 Å². The molecule has 0 bridgehead atoms. The molecule has 0 aliphatic carbocycles. The first-order chi connectivity index (χ1) is 11.7. The molecule has 1 aromatic heterocycles. The first-order valence-electron chi connectivity index (χ1n) is 8.60. The summed E-state index contributed by atoms with van der Waals surface area (Å²) < 4.78 is 1.73. The summed E-state index contributed by atoms with van der Waals surface area (Å²) in [6.07, 6.45) is 5.40. The van der Waals surface area contributed by atoms with Gasteiger partial charge in [0.2, 0.25) is 5.91 Å². The average molecular weight is 327 g/mol. The van der Waals surface area contributed by atoms with Crippen molar-refractivity contribution in [2.24, 2.45) is 0 Å². The van der Waals surface area contributed by atoms with E-state index < -0.39 is 0 Å². The minimum Gasteiger partial charge on any atom is -0.351 e. The number of piperidine rings is 1. The summed E-state index contributed by atoms with van der Waals surface area (Å²) in [7, 11) is 0. The highest BCUT2D eigenvalue weighted by atomic mass is 16.2. The number of hydrogen-bond donors (Lipinski definition) is 1. The van der Waals surface area contributed by atoms with Crippen molar-refractivity contribution in [2.45, 2.75) is 38.3 Å². The van der Waals surface area contributed by atoms with Gasteiger partial charge in [-0.05, 0) is 44.3 Å². The normalized spacial score (nSPS) is 17.5. The largest absolute Gasteiger partial charge is 0.351 e. The SMILES string of the molecule is C[C@H](Cn1cncn1)NC(=O)CN1CCC(c2ccccc2)CC1. The van der Waals surface area contributed by atoms with Crippen LogP contribution in [0.2, 0.25) is 0 Å². The van der Waals surface area contributed by atoms with E-state index in [0.29, 0.717) is 19.0 Å². The van der Waals surface area contributed by atoms with Gasteiger partial charge in [0.05, 0.1) is 13.1 Å². The number of benzene rings is 1. The third-order valence-corrected chi connectivity index (χ3v) is 4.56. The molecule has 3 rings (SSSR count). The Morgan fingerprint density at radius 2 is 2.04 bits per heavy atom. The summed E-state index contributed by atoms with van der Waals surface area (Å²) in [4.78, 5) is 18.4. The molecule has 1 atom stereocenters. The molecule has 1 N–H and O–H groups in total. The highest BCUT2D eigenvalue weighted by molar-refractivity contribution is 5.78. The van der Waals surface area contributed by atoms with Gasteiger partial charge in [0.25, 0.3) is 0 Å². The molecular formula is C18H25N5O. The maximum absolute atomic E-state index is 12.2. The molecule has 6 heteroatoms. The van der Waals surface area contributed by atoms with Crippen molar-refractivity contribution in [3.05, 3.63) is 48.5 Å². The molecule has 2 heterocycles. The van der Waals surface area contributed by atoms with Gasteiger partial charge in [-0.25, -0.2) is 4.98 Å². The maximum Gasteiger partial charge on any atom is 0.234 e. The summed E-state index contributed by atoms with van der Waals surface area (Å²) in [6, 6.07) is 10.7. The van der Waals surface area contributed by atoms with Gasteiger partial charge in [-0.15, -0.1) is 0 Å². The Morgan fingerprint density at radius 3 is 2.71 bits per heavy atom. The predicted molar refractivity (Wildman–Crippen MR) is 92.5 cm³/mol. The van der Waals surface area contributed by atoms with Crippen LogP contribution in [0.1, 0.15) is 31.2 Å². The van der Waals surface area contributed by atoms with Gasteiger partial charge in [-0.2, -0.15) is 5.10 Å². The van der Waals surface area contributed by atoms with Gasteiger partial charge < -0.3 is 5.32 Å². The van der Waals surface area contributed by atoms with E-state index in [1.807, 2.05) is 6.92 Å². The molecule has 24 heavy (non-hydrogen) atoms. The van der Waals surface area contributed by atoms with Crippen molar-refractivity contribution >= 4 is 5.91 Å². The monoisotopic (exact) mass is 327 g/mol. The van der Waals surface area contributed by atoms with Crippen LogP contribution >= 0.6 is 0 Å². The molecule has 2 aromatic rings. The van der Waals surface area contributed by atoms with Crippen LogP contribution in [0.5, 0.6) is 0 Å². The lowest BCUT2D eigenvalue weighted by molar-refractivity contribution is -0.123. The lowest BCUT2D eigenvalue weighted by Gasteiger charge is -2.32. The molecule has 128 valence electrons. The van der Waals surface area contributed by atoms with Gasteiger partial charge in [0.1, 0.15) is 12.7 Å². The van der Waals surface area contributed by atoms with E-state index in [0.717, 1.165) is 25.9 Å². The van der Waals surface area contributed by atoms with Crippen molar-refractivity contribution in [1.82, 2.24) is 25.0 Å². The fraction of sp³-hybridized carbons (Fsp3) is 0.500. The Bertz CT molecular complexity index is 620. The second-order valence-electron chi connectivity index (χ2n) is 6.55. The van der Waals surface area contributed by atoms with Crippen LogP contribution in [0.25, 0.3) is 0 Å². The van der Waals surface area contributed by atoms with E-state index in [4.69, 9.17) is 0 Å². The third-order valence-electron chi connectivity index (χ3n) is 4.56. The standard InChI is InChI=1S/C18H25N5O/c1-15(11-23-14-19-13-20-23)21-18(24)12-22-9-7-17(8-10-22)16-5-3-2-4-6-16/h2-6,13-15,17H,7-12H2,1H3,(H,21,24)/t15-/m1/s1. The smallest absolute Gasteiger partial charge is 0.234 e. The number of nitrogens with zero attached hydrogens (tertiary/aromatic N) is 4. The molecule has 1 amide bonds. The fourth-order valence-corrected chi connectivity index (χ4v) is 3.33. The van der Waals surface area contributed by atoms with Gasteiger partial charge in [0, 0.05) is 6.04 Å². The van der Waals surface area contributed by atoms with E-state index >= 15 is 0 Å². The molecule has 1 aliphatic heterocycles. The molecule has 1 aromatic carbocycles. The first-order valence-corrected chi connectivity index (χ1v) is 8.60. The van der Waals surface area contributed by atoms with Crippen LogP contribution in [-0.2, 0) is 11.3 Å². The zero-order valence-electron chi connectivity index (χ0n) is 14.1. The molecule has 0 unspecified atom stereocenters. The van der Waals surface area contributed by atoms with E-state index in [9.17, 15) is 4.79 Å². The van der Waals surface area contributed by atoms with Crippen LogP contribution in [0, 0.1) is 0 Å². The Morgan fingerprint density at radius 1 is 1.29 bits per heavy atom. The Kier molecular flexibility index (Phi) is 5.59. The Hall–Kier alpha value is -2.21. The Balaban J connectivity index is 1.40. The second-order valence-corrected chi connectivity index (χ2v) is 6.55. The number of rotatable bonds is 6. The predicted octanol–water partition coefficient (Wildman–Crippen LogP) is 1.66. The number of hydrogen-bond acceptors (Lipinski definition) is 4.